The highest BCUT2D eigenvalue weighted by molar-refractivity contribution is 7.16. The quantitative estimate of drug-likeness (QED) is 0.621. The van der Waals surface area contributed by atoms with Crippen LogP contribution in [0.1, 0.15) is 28.2 Å². The van der Waals surface area contributed by atoms with E-state index in [1.54, 1.807) is 6.20 Å². The minimum atomic E-state index is 0.0802. The molecule has 2 aromatic heterocycles. The van der Waals surface area contributed by atoms with Crippen LogP contribution in [0.25, 0.3) is 10.6 Å². The van der Waals surface area contributed by atoms with Crippen LogP contribution in [0.5, 0.6) is 0 Å². The molecule has 1 saturated heterocycles. The third-order valence-electron chi connectivity index (χ3n) is 5.57. The van der Waals surface area contributed by atoms with Crippen molar-refractivity contribution < 1.29 is 4.79 Å². The van der Waals surface area contributed by atoms with Gasteiger partial charge in [0.15, 0.2) is 0 Å². The van der Waals surface area contributed by atoms with E-state index in [0.717, 1.165) is 55.2 Å². The molecule has 0 unspecified atom stereocenters. The van der Waals surface area contributed by atoms with Gasteiger partial charge in [0.1, 0.15) is 9.88 Å². The Balaban J connectivity index is 1.29. The number of pyridine rings is 1. The Bertz CT molecular complexity index is 920. The number of carbonyl (C=O) groups is 1. The highest BCUT2D eigenvalue weighted by Crippen LogP contribution is 2.27. The molecule has 5 nitrogen and oxygen atoms in total. The highest BCUT2D eigenvalue weighted by atomic mass is 32.1. The zero-order valence-corrected chi connectivity index (χ0v) is 17.5. The number of nitrogens with zero attached hydrogens (tertiary/aromatic N) is 4. The number of thiazole rings is 1. The van der Waals surface area contributed by atoms with Crippen molar-refractivity contribution >= 4 is 17.2 Å². The first kappa shape index (κ1) is 19.7. The molecule has 0 atom stereocenters. The fourth-order valence-corrected chi connectivity index (χ4v) is 4.68. The summed E-state index contributed by atoms with van der Waals surface area (Å²) in [6, 6.07) is 16.4. The Hall–Kier alpha value is -2.57. The van der Waals surface area contributed by atoms with Crippen LogP contribution < -0.4 is 0 Å². The lowest BCUT2D eigenvalue weighted by molar-refractivity contribution is 0.0648. The fourth-order valence-electron chi connectivity index (χ4n) is 3.78. The summed E-state index contributed by atoms with van der Waals surface area (Å²) in [6.45, 7) is 3.07. The SMILES string of the molecule is CN(C(=O)c1cnc(-c2ccccc2)s1)C1CCN(CCc2ccccn2)CC1. The van der Waals surface area contributed by atoms with Crippen LogP contribution in [0.4, 0.5) is 0 Å². The molecule has 0 radical (unpaired) electrons. The maximum atomic E-state index is 13.0. The van der Waals surface area contributed by atoms with Gasteiger partial charge in [-0.2, -0.15) is 0 Å². The molecule has 1 aliphatic heterocycles. The van der Waals surface area contributed by atoms with Gasteiger partial charge < -0.3 is 9.80 Å². The molecule has 1 amide bonds. The average molecular weight is 407 g/mol. The van der Waals surface area contributed by atoms with E-state index in [1.807, 2.05) is 60.6 Å². The molecule has 3 aromatic rings. The summed E-state index contributed by atoms with van der Waals surface area (Å²) in [6.07, 6.45) is 6.56. The molecular weight excluding hydrogens is 380 g/mol. The first-order valence-electron chi connectivity index (χ1n) is 10.1. The second kappa shape index (κ2) is 9.29. The van der Waals surface area contributed by atoms with E-state index in [4.69, 9.17) is 0 Å². The summed E-state index contributed by atoms with van der Waals surface area (Å²) in [5.41, 5.74) is 2.20. The molecule has 150 valence electrons. The number of hydrogen-bond acceptors (Lipinski definition) is 5. The zero-order valence-electron chi connectivity index (χ0n) is 16.7. The third-order valence-corrected chi connectivity index (χ3v) is 6.61. The maximum Gasteiger partial charge on any atom is 0.265 e. The first-order chi connectivity index (χ1) is 14.2. The van der Waals surface area contributed by atoms with Gasteiger partial charge in [-0.05, 0) is 25.0 Å². The lowest BCUT2D eigenvalue weighted by Gasteiger charge is -2.36. The molecular formula is C23H26N4OS. The van der Waals surface area contributed by atoms with Crippen LogP contribution in [-0.2, 0) is 6.42 Å². The van der Waals surface area contributed by atoms with Gasteiger partial charge in [0, 0.05) is 56.6 Å². The molecule has 0 saturated carbocycles. The molecule has 29 heavy (non-hydrogen) atoms. The van der Waals surface area contributed by atoms with E-state index in [2.05, 4.69) is 20.9 Å². The number of rotatable bonds is 6. The summed E-state index contributed by atoms with van der Waals surface area (Å²) in [5, 5.41) is 0.895. The standard InChI is InChI=1S/C23H26N4OS/c1-26(23(28)21-17-25-22(29-21)18-7-3-2-4-8-18)20-11-15-27(16-12-20)14-10-19-9-5-6-13-24-19/h2-9,13,17,20H,10-12,14-16H2,1H3. The van der Waals surface area contributed by atoms with E-state index in [0.29, 0.717) is 4.88 Å². The number of hydrogen-bond donors (Lipinski definition) is 0. The maximum absolute atomic E-state index is 13.0. The van der Waals surface area contributed by atoms with Crippen molar-refractivity contribution in [2.45, 2.75) is 25.3 Å². The van der Waals surface area contributed by atoms with Crippen molar-refractivity contribution in [1.29, 1.82) is 0 Å². The van der Waals surface area contributed by atoms with E-state index < -0.39 is 0 Å². The average Bonchev–Trinajstić information content (AvgIpc) is 3.29. The molecule has 4 rings (SSSR count). The van der Waals surface area contributed by atoms with Crippen molar-refractivity contribution in [2.24, 2.45) is 0 Å². The minimum absolute atomic E-state index is 0.0802. The highest BCUT2D eigenvalue weighted by Gasteiger charge is 2.27. The molecule has 0 spiro atoms. The van der Waals surface area contributed by atoms with Gasteiger partial charge in [-0.15, -0.1) is 11.3 Å². The van der Waals surface area contributed by atoms with E-state index in [9.17, 15) is 4.79 Å². The van der Waals surface area contributed by atoms with Gasteiger partial charge in [-0.25, -0.2) is 4.98 Å². The van der Waals surface area contributed by atoms with Crippen LogP contribution in [0.15, 0.2) is 60.9 Å². The Morgan fingerprint density at radius 2 is 1.86 bits per heavy atom. The Kier molecular flexibility index (Phi) is 6.32. The molecule has 3 heterocycles. The fraction of sp³-hybridized carbons (Fsp3) is 0.348. The Labute approximate surface area is 176 Å². The number of piperidine rings is 1. The summed E-state index contributed by atoms with van der Waals surface area (Å²) in [7, 11) is 1.93. The van der Waals surface area contributed by atoms with E-state index >= 15 is 0 Å². The minimum Gasteiger partial charge on any atom is -0.338 e. The summed E-state index contributed by atoms with van der Waals surface area (Å²) in [4.78, 5) is 26.9. The third kappa shape index (κ3) is 4.89. The normalized spacial score (nSPS) is 15.3. The van der Waals surface area contributed by atoms with E-state index in [-0.39, 0.29) is 11.9 Å². The summed E-state index contributed by atoms with van der Waals surface area (Å²) >= 11 is 1.47. The Morgan fingerprint density at radius 3 is 2.59 bits per heavy atom. The van der Waals surface area contributed by atoms with Crippen LogP contribution in [0.2, 0.25) is 0 Å². The molecule has 1 fully saturated rings. The van der Waals surface area contributed by atoms with Gasteiger partial charge in [-0.3, -0.25) is 9.78 Å². The van der Waals surface area contributed by atoms with Crippen molar-refractivity contribution in [3.63, 3.8) is 0 Å². The van der Waals surface area contributed by atoms with Gasteiger partial charge in [0.05, 0.1) is 6.20 Å². The van der Waals surface area contributed by atoms with Crippen LogP contribution >= 0.6 is 11.3 Å². The Morgan fingerprint density at radius 1 is 1.10 bits per heavy atom. The number of aromatic nitrogens is 2. The van der Waals surface area contributed by atoms with Gasteiger partial charge in [-0.1, -0.05) is 36.4 Å². The molecule has 0 N–H and O–H groups in total. The largest absolute Gasteiger partial charge is 0.338 e. The summed E-state index contributed by atoms with van der Waals surface area (Å²) in [5.74, 6) is 0.0802. The van der Waals surface area contributed by atoms with Crippen molar-refractivity contribution in [3.8, 4) is 10.6 Å². The van der Waals surface area contributed by atoms with Crippen LogP contribution in [0.3, 0.4) is 0 Å². The number of benzene rings is 1. The van der Waals surface area contributed by atoms with Gasteiger partial charge in [0.2, 0.25) is 0 Å². The lowest BCUT2D eigenvalue weighted by Crippen LogP contribution is -2.45. The molecule has 6 heteroatoms. The predicted molar refractivity (Wildman–Crippen MR) is 117 cm³/mol. The molecule has 0 bridgehead atoms. The molecule has 1 aromatic carbocycles. The van der Waals surface area contributed by atoms with E-state index in [1.165, 1.54) is 11.3 Å². The van der Waals surface area contributed by atoms with Crippen LogP contribution in [0, 0.1) is 0 Å². The lowest BCUT2D eigenvalue weighted by atomic mass is 10.0. The predicted octanol–water partition coefficient (Wildman–Crippen LogP) is 3.98. The van der Waals surface area contributed by atoms with Crippen molar-refractivity contribution in [3.05, 3.63) is 71.5 Å². The summed E-state index contributed by atoms with van der Waals surface area (Å²) < 4.78 is 0. The number of likely N-dealkylation sites (tertiary alicyclic amines) is 1. The number of carbonyl (C=O) groups excluding carboxylic acids is 1. The monoisotopic (exact) mass is 406 g/mol. The van der Waals surface area contributed by atoms with Gasteiger partial charge in [0.25, 0.3) is 5.91 Å². The number of amides is 1. The molecule has 1 aliphatic rings. The second-order valence-electron chi connectivity index (χ2n) is 7.46. The topological polar surface area (TPSA) is 49.3 Å². The zero-order chi connectivity index (χ0) is 20.1. The smallest absolute Gasteiger partial charge is 0.265 e. The second-order valence-corrected chi connectivity index (χ2v) is 8.49. The van der Waals surface area contributed by atoms with Crippen molar-refractivity contribution in [1.82, 2.24) is 19.8 Å². The first-order valence-corrected chi connectivity index (χ1v) is 10.9. The molecule has 0 aliphatic carbocycles. The van der Waals surface area contributed by atoms with Crippen LogP contribution in [-0.4, -0.2) is 58.4 Å². The van der Waals surface area contributed by atoms with Crippen molar-refractivity contribution in [2.75, 3.05) is 26.7 Å². The van der Waals surface area contributed by atoms with Gasteiger partial charge >= 0.3 is 0 Å².